The Morgan fingerprint density at radius 1 is 1.21 bits per heavy atom. The highest BCUT2D eigenvalue weighted by atomic mass is 32.2. The number of benzene rings is 1. The lowest BCUT2D eigenvalue weighted by atomic mass is 10.2. The van der Waals surface area contributed by atoms with E-state index >= 15 is 0 Å². The Labute approximate surface area is 83.7 Å². The van der Waals surface area contributed by atoms with Crippen LogP contribution in [0.2, 0.25) is 0 Å². The molecule has 0 saturated heterocycles. The van der Waals surface area contributed by atoms with Crippen molar-refractivity contribution in [2.24, 2.45) is 0 Å². The van der Waals surface area contributed by atoms with Crippen molar-refractivity contribution in [2.75, 3.05) is 0 Å². The largest absolute Gasteiger partial charge is 0.282 e. The zero-order valence-electron chi connectivity index (χ0n) is 8.15. The summed E-state index contributed by atoms with van der Waals surface area (Å²) in [5, 5.41) is -0.818. The molecule has 76 valence electrons. The fourth-order valence-electron chi connectivity index (χ4n) is 1.07. The van der Waals surface area contributed by atoms with E-state index in [9.17, 15) is 13.2 Å². The van der Waals surface area contributed by atoms with Crippen LogP contribution >= 0.6 is 0 Å². The summed E-state index contributed by atoms with van der Waals surface area (Å²) in [5.74, 6) is 0. The Morgan fingerprint density at radius 2 is 1.71 bits per heavy atom. The molecule has 0 aliphatic heterocycles. The second-order valence-electron chi connectivity index (χ2n) is 2.99. The van der Waals surface area contributed by atoms with E-state index in [1.54, 1.807) is 12.1 Å². The molecule has 1 aromatic carbocycles. The molecule has 0 heterocycles. The number of hydrogen-bond donors (Lipinski definition) is 0. The third-order valence-corrected chi connectivity index (χ3v) is 3.67. The molecular formula is C10H12O3S. The molecule has 0 spiro atoms. The summed E-state index contributed by atoms with van der Waals surface area (Å²) < 4.78 is 22.8. The summed E-state index contributed by atoms with van der Waals surface area (Å²) in [7, 11) is -3.74. The van der Waals surface area contributed by atoms with Crippen LogP contribution in [-0.4, -0.2) is 13.5 Å². The van der Waals surface area contributed by atoms with Crippen molar-refractivity contribution in [2.45, 2.75) is 25.2 Å². The molecule has 0 radical (unpaired) electrons. The molecular weight excluding hydrogens is 200 g/mol. The van der Waals surface area contributed by atoms with Crippen molar-refractivity contribution in [1.29, 1.82) is 0 Å². The highest BCUT2D eigenvalue weighted by molar-refractivity contribution is 8.06. The molecule has 0 aromatic heterocycles. The first-order valence-electron chi connectivity index (χ1n) is 4.33. The van der Waals surface area contributed by atoms with Gasteiger partial charge < -0.3 is 0 Å². The Morgan fingerprint density at radius 3 is 2.07 bits per heavy atom. The van der Waals surface area contributed by atoms with Gasteiger partial charge in [-0.15, -0.1) is 0 Å². The smallest absolute Gasteiger partial charge is 0.248 e. The standard InChI is InChI=1S/C10H12O3S/c1-3-9-4-6-10(7-5-9)14(12,13)8(2)11/h4-7H,3H2,1-2H3. The number of hydrogen-bond acceptors (Lipinski definition) is 3. The van der Waals surface area contributed by atoms with E-state index in [4.69, 9.17) is 0 Å². The van der Waals surface area contributed by atoms with Gasteiger partial charge in [0.05, 0.1) is 4.90 Å². The van der Waals surface area contributed by atoms with Crippen molar-refractivity contribution in [3.05, 3.63) is 29.8 Å². The van der Waals surface area contributed by atoms with Gasteiger partial charge in [-0.25, -0.2) is 8.42 Å². The average molecular weight is 212 g/mol. The van der Waals surface area contributed by atoms with Gasteiger partial charge in [0.1, 0.15) is 0 Å². The van der Waals surface area contributed by atoms with Crippen LogP contribution in [-0.2, 0) is 21.1 Å². The van der Waals surface area contributed by atoms with E-state index in [0.717, 1.165) is 18.9 Å². The van der Waals surface area contributed by atoms with Crippen LogP contribution in [0.5, 0.6) is 0 Å². The highest BCUT2D eigenvalue weighted by Gasteiger charge is 2.19. The molecule has 0 bridgehead atoms. The fourth-order valence-corrected chi connectivity index (χ4v) is 1.90. The van der Waals surface area contributed by atoms with Crippen molar-refractivity contribution < 1.29 is 13.2 Å². The summed E-state index contributed by atoms with van der Waals surface area (Å²) in [6.45, 7) is 3.04. The van der Waals surface area contributed by atoms with Crippen LogP contribution in [0.1, 0.15) is 19.4 Å². The summed E-state index contributed by atoms with van der Waals surface area (Å²) in [6, 6.07) is 6.37. The molecule has 0 unspecified atom stereocenters. The van der Waals surface area contributed by atoms with Gasteiger partial charge in [0.2, 0.25) is 15.0 Å². The van der Waals surface area contributed by atoms with E-state index < -0.39 is 15.0 Å². The van der Waals surface area contributed by atoms with E-state index in [1.807, 2.05) is 6.92 Å². The first-order chi connectivity index (χ1) is 6.48. The number of aryl methyl sites for hydroxylation is 1. The fraction of sp³-hybridized carbons (Fsp3) is 0.300. The number of carbonyl (C=O) groups excluding carboxylic acids is 1. The number of rotatable bonds is 2. The predicted molar refractivity (Wildman–Crippen MR) is 53.7 cm³/mol. The number of carbonyl (C=O) groups is 1. The normalized spacial score (nSPS) is 11.3. The predicted octanol–water partition coefficient (Wildman–Crippen LogP) is 1.57. The molecule has 1 aromatic rings. The first kappa shape index (κ1) is 10.9. The topological polar surface area (TPSA) is 51.2 Å². The van der Waals surface area contributed by atoms with Gasteiger partial charge in [-0.05, 0) is 24.1 Å². The minimum absolute atomic E-state index is 0.0715. The van der Waals surface area contributed by atoms with Crippen LogP contribution in [0, 0.1) is 0 Å². The van der Waals surface area contributed by atoms with Crippen LogP contribution in [0.15, 0.2) is 29.2 Å². The van der Waals surface area contributed by atoms with Gasteiger partial charge in [0.25, 0.3) is 0 Å². The van der Waals surface area contributed by atoms with E-state index in [-0.39, 0.29) is 4.90 Å². The molecule has 0 N–H and O–H groups in total. The van der Waals surface area contributed by atoms with Crippen molar-refractivity contribution >= 4 is 15.0 Å². The van der Waals surface area contributed by atoms with Crippen molar-refractivity contribution in [3.8, 4) is 0 Å². The third-order valence-electron chi connectivity index (χ3n) is 2.02. The summed E-state index contributed by atoms with van der Waals surface area (Å²) in [6.07, 6.45) is 0.848. The molecule has 4 heteroatoms. The monoisotopic (exact) mass is 212 g/mol. The lowest BCUT2D eigenvalue weighted by Gasteiger charge is -2.01. The maximum atomic E-state index is 11.4. The molecule has 1 rings (SSSR count). The average Bonchev–Trinajstić information content (AvgIpc) is 2.17. The van der Waals surface area contributed by atoms with Crippen molar-refractivity contribution in [1.82, 2.24) is 0 Å². The van der Waals surface area contributed by atoms with Gasteiger partial charge in [0, 0.05) is 6.92 Å². The van der Waals surface area contributed by atoms with Crippen LogP contribution in [0.25, 0.3) is 0 Å². The Kier molecular flexibility index (Phi) is 3.06. The van der Waals surface area contributed by atoms with E-state index in [2.05, 4.69) is 0 Å². The quantitative estimate of drug-likeness (QED) is 0.747. The zero-order chi connectivity index (χ0) is 10.8. The lowest BCUT2D eigenvalue weighted by Crippen LogP contribution is -2.10. The second-order valence-corrected chi connectivity index (χ2v) is 5.05. The van der Waals surface area contributed by atoms with Gasteiger partial charge in [-0.3, -0.25) is 4.79 Å². The summed E-state index contributed by atoms with van der Waals surface area (Å²) >= 11 is 0. The Bertz CT molecular complexity index is 429. The molecule has 0 atom stereocenters. The SMILES string of the molecule is CCc1ccc(S(=O)(=O)C(C)=O)cc1. The second kappa shape index (κ2) is 3.92. The molecule has 0 amide bonds. The Hall–Kier alpha value is -1.16. The molecule has 14 heavy (non-hydrogen) atoms. The highest BCUT2D eigenvalue weighted by Crippen LogP contribution is 2.13. The minimum atomic E-state index is -3.74. The van der Waals surface area contributed by atoms with Crippen LogP contribution in [0.3, 0.4) is 0 Å². The molecule has 0 aliphatic rings. The van der Waals surface area contributed by atoms with E-state index in [1.165, 1.54) is 12.1 Å². The molecule has 0 saturated carbocycles. The van der Waals surface area contributed by atoms with Crippen LogP contribution in [0.4, 0.5) is 0 Å². The number of sulfone groups is 1. The summed E-state index contributed by atoms with van der Waals surface area (Å²) in [5.41, 5.74) is 1.05. The third kappa shape index (κ3) is 2.01. The van der Waals surface area contributed by atoms with Gasteiger partial charge >= 0.3 is 0 Å². The first-order valence-corrected chi connectivity index (χ1v) is 5.81. The van der Waals surface area contributed by atoms with Crippen molar-refractivity contribution in [3.63, 3.8) is 0 Å². The molecule has 3 nitrogen and oxygen atoms in total. The summed E-state index contributed by atoms with van der Waals surface area (Å²) in [4.78, 5) is 10.9. The lowest BCUT2D eigenvalue weighted by molar-refractivity contribution is -0.109. The Balaban J connectivity index is 3.16. The van der Waals surface area contributed by atoms with Gasteiger partial charge in [-0.2, -0.15) is 0 Å². The van der Waals surface area contributed by atoms with Gasteiger partial charge in [-0.1, -0.05) is 19.1 Å². The zero-order valence-corrected chi connectivity index (χ0v) is 8.97. The molecule has 0 aliphatic carbocycles. The minimum Gasteiger partial charge on any atom is -0.282 e. The van der Waals surface area contributed by atoms with Gasteiger partial charge in [0.15, 0.2) is 0 Å². The maximum Gasteiger partial charge on any atom is 0.248 e. The van der Waals surface area contributed by atoms with E-state index in [0.29, 0.717) is 0 Å². The molecule has 0 fully saturated rings. The van der Waals surface area contributed by atoms with Crippen LogP contribution < -0.4 is 0 Å². The maximum absolute atomic E-state index is 11.4.